The summed E-state index contributed by atoms with van der Waals surface area (Å²) in [6, 6.07) is 10.8. The van der Waals surface area contributed by atoms with Gasteiger partial charge in [0.2, 0.25) is 0 Å². The summed E-state index contributed by atoms with van der Waals surface area (Å²) < 4.78 is 5.26. The smallest absolute Gasteiger partial charge is 0.257 e. The first-order valence-electron chi connectivity index (χ1n) is 9.54. The van der Waals surface area contributed by atoms with E-state index in [1.165, 1.54) is 18.4 Å². The van der Waals surface area contributed by atoms with Gasteiger partial charge in [0, 0.05) is 25.0 Å². The summed E-state index contributed by atoms with van der Waals surface area (Å²) in [6.07, 6.45) is 4.79. The highest BCUT2D eigenvalue weighted by Gasteiger charge is 2.47. The van der Waals surface area contributed by atoms with Crippen LogP contribution in [-0.4, -0.2) is 65.8 Å². The fourth-order valence-corrected chi connectivity index (χ4v) is 4.78. The summed E-state index contributed by atoms with van der Waals surface area (Å²) in [5, 5.41) is 10.5. The molecule has 0 spiro atoms. The van der Waals surface area contributed by atoms with E-state index in [9.17, 15) is 9.90 Å². The van der Waals surface area contributed by atoms with Crippen molar-refractivity contribution in [3.63, 3.8) is 0 Å². The van der Waals surface area contributed by atoms with Crippen LogP contribution >= 0.6 is 0 Å². The molecule has 0 saturated carbocycles. The Morgan fingerprint density at radius 1 is 1.00 bits per heavy atom. The molecule has 1 atom stereocenters. The molecule has 1 N–H and O–H groups in total. The summed E-state index contributed by atoms with van der Waals surface area (Å²) in [7, 11) is 0. The average molecular weight is 344 g/mol. The van der Waals surface area contributed by atoms with E-state index in [-0.39, 0.29) is 18.1 Å². The lowest BCUT2D eigenvalue weighted by atomic mass is 9.79. The van der Waals surface area contributed by atoms with E-state index in [2.05, 4.69) is 35.2 Å². The normalized spacial score (nSPS) is 29.9. The van der Waals surface area contributed by atoms with Crippen molar-refractivity contribution < 1.29 is 14.6 Å². The molecule has 25 heavy (non-hydrogen) atoms. The Kier molecular flexibility index (Phi) is 4.56. The highest BCUT2D eigenvalue weighted by molar-refractivity contribution is 5.85. The predicted octanol–water partition coefficient (Wildman–Crippen LogP) is 1.75. The predicted molar refractivity (Wildman–Crippen MR) is 95.1 cm³/mol. The number of rotatable bonds is 3. The second-order valence-electron chi connectivity index (χ2n) is 7.72. The highest BCUT2D eigenvalue weighted by atomic mass is 16.5. The molecule has 136 valence electrons. The van der Waals surface area contributed by atoms with Crippen molar-refractivity contribution in [1.82, 2.24) is 9.80 Å². The molecule has 3 aliphatic heterocycles. The lowest BCUT2D eigenvalue weighted by Crippen LogP contribution is -2.57. The van der Waals surface area contributed by atoms with Crippen LogP contribution in [0.4, 0.5) is 0 Å². The number of carbonyl (C=O) groups excluding carboxylic acids is 1. The zero-order valence-corrected chi connectivity index (χ0v) is 14.8. The summed E-state index contributed by atoms with van der Waals surface area (Å²) in [5.74, 6) is -0.145. The zero-order chi connectivity index (χ0) is 17.3. The topological polar surface area (TPSA) is 53.0 Å². The number of likely N-dealkylation sites (tertiary alicyclic amines) is 2. The fourth-order valence-electron chi connectivity index (χ4n) is 4.78. The summed E-state index contributed by atoms with van der Waals surface area (Å²) >= 11 is 0. The largest absolute Gasteiger partial charge is 0.378 e. The molecular weight excluding hydrogens is 316 g/mol. The van der Waals surface area contributed by atoms with E-state index >= 15 is 0 Å². The van der Waals surface area contributed by atoms with E-state index in [1.54, 1.807) is 0 Å². The molecule has 5 heteroatoms. The molecule has 0 aromatic heterocycles. The van der Waals surface area contributed by atoms with Gasteiger partial charge in [-0.05, 0) is 44.3 Å². The molecule has 1 aromatic rings. The Morgan fingerprint density at radius 2 is 1.68 bits per heavy atom. The summed E-state index contributed by atoms with van der Waals surface area (Å²) in [4.78, 5) is 17.2. The minimum absolute atomic E-state index is 0.0311. The van der Waals surface area contributed by atoms with Crippen molar-refractivity contribution in [3.8, 4) is 0 Å². The van der Waals surface area contributed by atoms with Crippen molar-refractivity contribution >= 4 is 5.91 Å². The van der Waals surface area contributed by atoms with E-state index in [4.69, 9.17) is 4.74 Å². The molecule has 0 radical (unpaired) electrons. The number of benzene rings is 1. The highest BCUT2D eigenvalue weighted by Crippen LogP contribution is 2.41. The number of piperidine rings is 1. The first-order valence-corrected chi connectivity index (χ1v) is 9.54. The van der Waals surface area contributed by atoms with Crippen molar-refractivity contribution in [1.29, 1.82) is 0 Å². The lowest BCUT2D eigenvalue weighted by Gasteiger charge is -2.48. The number of aliphatic hydroxyl groups is 1. The molecule has 3 heterocycles. The Morgan fingerprint density at radius 3 is 2.28 bits per heavy atom. The van der Waals surface area contributed by atoms with Crippen LogP contribution in [-0.2, 0) is 15.1 Å². The molecule has 1 aromatic carbocycles. The number of hydrogen-bond donors (Lipinski definition) is 1. The number of nitrogens with zero attached hydrogens (tertiary/aromatic N) is 2. The minimum Gasteiger partial charge on any atom is -0.378 e. The van der Waals surface area contributed by atoms with Crippen LogP contribution in [0.1, 0.15) is 37.7 Å². The van der Waals surface area contributed by atoms with Gasteiger partial charge >= 0.3 is 0 Å². The molecule has 3 aliphatic rings. The van der Waals surface area contributed by atoms with Crippen molar-refractivity contribution in [2.24, 2.45) is 0 Å². The van der Waals surface area contributed by atoms with Crippen LogP contribution in [0.15, 0.2) is 30.3 Å². The van der Waals surface area contributed by atoms with Crippen molar-refractivity contribution in [3.05, 3.63) is 35.9 Å². The summed E-state index contributed by atoms with van der Waals surface area (Å²) in [5.41, 5.74) is 0.0934. The van der Waals surface area contributed by atoms with E-state index in [1.807, 2.05) is 4.90 Å². The molecule has 3 saturated heterocycles. The van der Waals surface area contributed by atoms with E-state index < -0.39 is 5.60 Å². The number of hydrogen-bond acceptors (Lipinski definition) is 4. The molecule has 0 bridgehead atoms. The Hall–Kier alpha value is -1.43. The van der Waals surface area contributed by atoms with Crippen LogP contribution in [0.3, 0.4) is 0 Å². The Labute approximate surface area is 149 Å². The standard InChI is InChI=1S/C20H28N2O3/c23-18(20(24)10-15-25-16-20)21-13-8-19(9-14-21,22-11-4-5-12-22)17-6-2-1-3-7-17/h1-3,6-7,24H,4-5,8-16H2. The summed E-state index contributed by atoms with van der Waals surface area (Å²) in [6.45, 7) is 4.29. The molecule has 4 rings (SSSR count). The Bertz CT molecular complexity index is 599. The maximum Gasteiger partial charge on any atom is 0.257 e. The van der Waals surface area contributed by atoms with Crippen LogP contribution < -0.4 is 0 Å². The van der Waals surface area contributed by atoms with Crippen LogP contribution in [0.5, 0.6) is 0 Å². The quantitative estimate of drug-likeness (QED) is 0.908. The lowest BCUT2D eigenvalue weighted by molar-refractivity contribution is -0.154. The first-order chi connectivity index (χ1) is 12.1. The van der Waals surface area contributed by atoms with Gasteiger partial charge in [-0.2, -0.15) is 0 Å². The van der Waals surface area contributed by atoms with E-state index in [0.717, 1.165) is 25.9 Å². The number of carbonyl (C=O) groups is 1. The minimum atomic E-state index is -1.31. The second kappa shape index (κ2) is 6.71. The van der Waals surface area contributed by atoms with Gasteiger partial charge in [0.05, 0.1) is 13.2 Å². The van der Waals surface area contributed by atoms with Gasteiger partial charge in [0.1, 0.15) is 0 Å². The van der Waals surface area contributed by atoms with Crippen molar-refractivity contribution in [2.45, 2.75) is 43.2 Å². The third-order valence-corrected chi connectivity index (χ3v) is 6.30. The molecule has 3 fully saturated rings. The van der Waals surface area contributed by atoms with Gasteiger partial charge in [-0.15, -0.1) is 0 Å². The average Bonchev–Trinajstić information content (AvgIpc) is 3.35. The zero-order valence-electron chi connectivity index (χ0n) is 14.8. The monoisotopic (exact) mass is 344 g/mol. The van der Waals surface area contributed by atoms with Gasteiger partial charge in [-0.25, -0.2) is 0 Å². The van der Waals surface area contributed by atoms with E-state index in [0.29, 0.717) is 26.1 Å². The van der Waals surface area contributed by atoms with Gasteiger partial charge in [-0.3, -0.25) is 9.69 Å². The van der Waals surface area contributed by atoms with Crippen LogP contribution in [0.2, 0.25) is 0 Å². The fraction of sp³-hybridized carbons (Fsp3) is 0.650. The van der Waals surface area contributed by atoms with Crippen LogP contribution in [0.25, 0.3) is 0 Å². The second-order valence-corrected chi connectivity index (χ2v) is 7.72. The maximum atomic E-state index is 12.8. The van der Waals surface area contributed by atoms with Crippen LogP contribution in [0, 0.1) is 0 Å². The van der Waals surface area contributed by atoms with Gasteiger partial charge in [0.15, 0.2) is 5.60 Å². The Balaban J connectivity index is 1.53. The molecular formula is C20H28N2O3. The SMILES string of the molecule is O=C(N1CCC(c2ccccc2)(N2CCCC2)CC1)C1(O)CCOC1. The number of ether oxygens (including phenoxy) is 1. The molecule has 1 unspecified atom stereocenters. The molecule has 1 amide bonds. The third kappa shape index (κ3) is 2.98. The van der Waals surface area contributed by atoms with Gasteiger partial charge < -0.3 is 14.7 Å². The third-order valence-electron chi connectivity index (χ3n) is 6.30. The van der Waals surface area contributed by atoms with Gasteiger partial charge in [-0.1, -0.05) is 30.3 Å². The molecule has 5 nitrogen and oxygen atoms in total. The van der Waals surface area contributed by atoms with Gasteiger partial charge in [0.25, 0.3) is 5.91 Å². The maximum absolute atomic E-state index is 12.8. The molecule has 0 aliphatic carbocycles. The van der Waals surface area contributed by atoms with Crippen molar-refractivity contribution in [2.75, 3.05) is 39.4 Å². The number of amides is 1. The first kappa shape index (κ1) is 17.0.